The minimum absolute atomic E-state index is 0.106. The lowest BCUT2D eigenvalue weighted by atomic mass is 9.89. The maximum absolute atomic E-state index is 12.3. The molecule has 0 saturated carbocycles. The molecule has 23 heavy (non-hydrogen) atoms. The zero-order chi connectivity index (χ0) is 16.1. The Labute approximate surface area is 136 Å². The highest BCUT2D eigenvalue weighted by Crippen LogP contribution is 2.29. The predicted octanol–water partition coefficient (Wildman–Crippen LogP) is 1.99. The van der Waals surface area contributed by atoms with Crippen LogP contribution < -0.4 is 0 Å². The quantitative estimate of drug-likeness (QED) is 0.938. The highest BCUT2D eigenvalue weighted by atomic mass is 16.3. The molecule has 2 aromatic rings. The van der Waals surface area contributed by atoms with Gasteiger partial charge in [-0.2, -0.15) is 0 Å². The van der Waals surface area contributed by atoms with Gasteiger partial charge in [-0.05, 0) is 43.0 Å². The van der Waals surface area contributed by atoms with Gasteiger partial charge in [-0.25, -0.2) is 0 Å². The van der Waals surface area contributed by atoms with Gasteiger partial charge in [0.2, 0.25) is 5.91 Å². The molecule has 3 heterocycles. The largest absolute Gasteiger partial charge is 0.387 e. The number of nitrogens with zero attached hydrogens (tertiary/aromatic N) is 3. The molecular formula is C18H21N3O2. The van der Waals surface area contributed by atoms with Crippen LogP contribution in [0.3, 0.4) is 0 Å². The molecule has 0 spiro atoms. The smallest absolute Gasteiger partial charge is 0.228 e. The first-order valence-corrected chi connectivity index (χ1v) is 8.00. The van der Waals surface area contributed by atoms with Crippen LogP contribution in [0.15, 0.2) is 48.8 Å². The number of likely N-dealkylation sites (tertiary alicyclic amines) is 1. The molecule has 0 radical (unpaired) electrons. The summed E-state index contributed by atoms with van der Waals surface area (Å²) in [5, 5.41) is 10.4. The van der Waals surface area contributed by atoms with Crippen molar-refractivity contribution >= 4 is 5.91 Å². The number of rotatable bonds is 4. The average molecular weight is 311 g/mol. The van der Waals surface area contributed by atoms with Gasteiger partial charge in [0, 0.05) is 31.2 Å². The lowest BCUT2D eigenvalue weighted by Crippen LogP contribution is -2.40. The van der Waals surface area contributed by atoms with Crippen LogP contribution in [0.2, 0.25) is 0 Å². The third kappa shape index (κ3) is 3.93. The molecule has 5 heteroatoms. The molecule has 0 unspecified atom stereocenters. The van der Waals surface area contributed by atoms with Crippen molar-refractivity contribution in [3.8, 4) is 0 Å². The lowest BCUT2D eigenvalue weighted by molar-refractivity contribution is -0.132. The molecule has 1 fully saturated rings. The molecule has 2 aromatic heterocycles. The molecule has 0 aliphatic carbocycles. The summed E-state index contributed by atoms with van der Waals surface area (Å²) < 4.78 is 0. The van der Waals surface area contributed by atoms with Gasteiger partial charge in [0.1, 0.15) is 0 Å². The Morgan fingerprint density at radius 3 is 2.43 bits per heavy atom. The third-order valence-electron chi connectivity index (χ3n) is 4.39. The summed E-state index contributed by atoms with van der Waals surface area (Å²) in [4.78, 5) is 22.6. The summed E-state index contributed by atoms with van der Waals surface area (Å²) in [5.74, 6) is 0.262. The highest BCUT2D eigenvalue weighted by Gasteiger charge is 2.28. The van der Waals surface area contributed by atoms with E-state index in [9.17, 15) is 9.90 Å². The summed E-state index contributed by atoms with van der Waals surface area (Å²) in [7, 11) is 0. The molecule has 0 bridgehead atoms. The first-order chi connectivity index (χ1) is 11.2. The van der Waals surface area contributed by atoms with Crippen molar-refractivity contribution in [2.75, 3.05) is 13.1 Å². The number of pyridine rings is 2. The van der Waals surface area contributed by atoms with Crippen LogP contribution >= 0.6 is 0 Å². The first-order valence-electron chi connectivity index (χ1n) is 8.00. The molecule has 1 saturated heterocycles. The van der Waals surface area contributed by atoms with Crippen molar-refractivity contribution in [2.24, 2.45) is 5.92 Å². The Bertz CT molecular complexity index is 625. The van der Waals surface area contributed by atoms with E-state index in [0.717, 1.165) is 18.5 Å². The van der Waals surface area contributed by atoms with Crippen molar-refractivity contribution in [1.82, 2.24) is 14.9 Å². The molecule has 1 aliphatic heterocycles. The molecular weight excluding hydrogens is 290 g/mol. The van der Waals surface area contributed by atoms with Gasteiger partial charge in [0.15, 0.2) is 0 Å². The van der Waals surface area contributed by atoms with E-state index >= 15 is 0 Å². The normalized spacial score (nSPS) is 17.0. The number of aliphatic hydroxyl groups excluding tert-OH is 1. The fraction of sp³-hybridized carbons (Fsp3) is 0.389. The first kappa shape index (κ1) is 15.6. The Morgan fingerprint density at radius 2 is 1.83 bits per heavy atom. The van der Waals surface area contributed by atoms with E-state index in [4.69, 9.17) is 0 Å². The van der Waals surface area contributed by atoms with E-state index in [1.54, 1.807) is 12.4 Å². The number of amides is 1. The summed E-state index contributed by atoms with van der Waals surface area (Å²) in [6.07, 6.45) is 4.79. The highest BCUT2D eigenvalue weighted by molar-refractivity contribution is 5.78. The summed E-state index contributed by atoms with van der Waals surface area (Å²) in [5.41, 5.74) is 1.51. The molecule has 5 nitrogen and oxygen atoms in total. The van der Waals surface area contributed by atoms with Gasteiger partial charge in [0.25, 0.3) is 0 Å². The zero-order valence-electron chi connectivity index (χ0n) is 13.0. The monoisotopic (exact) mass is 311 g/mol. The minimum atomic E-state index is -0.552. The van der Waals surface area contributed by atoms with Crippen molar-refractivity contribution in [1.29, 1.82) is 0 Å². The second kappa shape index (κ2) is 7.33. The number of piperidine rings is 1. The average Bonchev–Trinajstić information content (AvgIpc) is 2.63. The molecule has 1 N–H and O–H groups in total. The number of aliphatic hydroxyl groups is 1. The van der Waals surface area contributed by atoms with Gasteiger partial charge in [-0.1, -0.05) is 12.1 Å². The van der Waals surface area contributed by atoms with Crippen molar-refractivity contribution < 1.29 is 9.90 Å². The van der Waals surface area contributed by atoms with Crippen LogP contribution in [0.5, 0.6) is 0 Å². The topological polar surface area (TPSA) is 66.3 Å². The van der Waals surface area contributed by atoms with Gasteiger partial charge in [-0.3, -0.25) is 14.8 Å². The zero-order valence-corrected chi connectivity index (χ0v) is 13.0. The number of aromatic nitrogens is 2. The number of hydrogen-bond acceptors (Lipinski definition) is 4. The van der Waals surface area contributed by atoms with E-state index in [2.05, 4.69) is 9.97 Å². The predicted molar refractivity (Wildman–Crippen MR) is 86.4 cm³/mol. The van der Waals surface area contributed by atoms with Crippen LogP contribution in [-0.4, -0.2) is 39.0 Å². The molecule has 1 amide bonds. The molecule has 0 aromatic carbocycles. The Morgan fingerprint density at radius 1 is 1.13 bits per heavy atom. The van der Waals surface area contributed by atoms with Crippen LogP contribution in [0.1, 0.15) is 30.3 Å². The Hall–Kier alpha value is -2.27. The maximum atomic E-state index is 12.3. The second-order valence-electron chi connectivity index (χ2n) is 5.92. The molecule has 1 atom stereocenters. The number of carbonyl (C=O) groups is 1. The lowest BCUT2D eigenvalue weighted by Gasteiger charge is -2.34. The van der Waals surface area contributed by atoms with Crippen LogP contribution in [0.4, 0.5) is 0 Å². The fourth-order valence-corrected chi connectivity index (χ4v) is 3.03. The minimum Gasteiger partial charge on any atom is -0.387 e. The van der Waals surface area contributed by atoms with Gasteiger partial charge in [-0.15, -0.1) is 0 Å². The molecule has 3 rings (SSSR count). The maximum Gasteiger partial charge on any atom is 0.228 e. The van der Waals surface area contributed by atoms with Crippen molar-refractivity contribution in [3.05, 3.63) is 60.2 Å². The Kier molecular flexibility index (Phi) is 4.98. The van der Waals surface area contributed by atoms with Crippen LogP contribution in [0, 0.1) is 5.92 Å². The van der Waals surface area contributed by atoms with E-state index in [0.29, 0.717) is 25.2 Å². The summed E-state index contributed by atoms with van der Waals surface area (Å²) in [6.45, 7) is 1.36. The summed E-state index contributed by atoms with van der Waals surface area (Å²) in [6, 6.07) is 11.2. The second-order valence-corrected chi connectivity index (χ2v) is 5.92. The van der Waals surface area contributed by atoms with Crippen LogP contribution in [0.25, 0.3) is 0 Å². The van der Waals surface area contributed by atoms with Crippen LogP contribution in [-0.2, 0) is 11.2 Å². The van der Waals surface area contributed by atoms with E-state index < -0.39 is 6.10 Å². The fourth-order valence-electron chi connectivity index (χ4n) is 3.03. The van der Waals surface area contributed by atoms with E-state index in [1.807, 2.05) is 41.3 Å². The van der Waals surface area contributed by atoms with E-state index in [-0.39, 0.29) is 11.8 Å². The standard InChI is InChI=1S/C18H21N3O2/c22-17(13-15-5-1-3-9-19-15)21-11-7-14(8-12-21)18(23)16-6-2-4-10-20-16/h1-6,9-10,14,18,23H,7-8,11-13H2/t18-/m1/s1. The van der Waals surface area contributed by atoms with Gasteiger partial charge < -0.3 is 10.0 Å². The number of carbonyl (C=O) groups excluding carboxylic acids is 1. The number of hydrogen-bond donors (Lipinski definition) is 1. The SMILES string of the molecule is O=C(Cc1ccccn1)N1CCC([C@@H](O)c2ccccn2)CC1. The molecule has 120 valence electrons. The van der Waals surface area contributed by atoms with Gasteiger partial charge in [0.05, 0.1) is 18.2 Å². The third-order valence-corrected chi connectivity index (χ3v) is 4.39. The summed E-state index contributed by atoms with van der Waals surface area (Å²) >= 11 is 0. The Balaban J connectivity index is 1.53. The van der Waals surface area contributed by atoms with E-state index in [1.165, 1.54) is 0 Å². The van der Waals surface area contributed by atoms with Crippen molar-refractivity contribution in [3.63, 3.8) is 0 Å². The van der Waals surface area contributed by atoms with Gasteiger partial charge >= 0.3 is 0 Å². The molecule has 1 aliphatic rings. The van der Waals surface area contributed by atoms with Crippen molar-refractivity contribution in [2.45, 2.75) is 25.4 Å².